The highest BCUT2D eigenvalue weighted by Gasteiger charge is 2.09. The number of amides is 1. The number of nitrogens with zero attached hydrogens (tertiary/aromatic N) is 1. The molecule has 2 aromatic rings. The molecule has 0 aliphatic carbocycles. The van der Waals surface area contributed by atoms with Crippen molar-refractivity contribution in [3.05, 3.63) is 52.2 Å². The molecule has 6 nitrogen and oxygen atoms in total. The van der Waals surface area contributed by atoms with Gasteiger partial charge in [0.05, 0.1) is 13.3 Å². The number of rotatable bonds is 4. The molecule has 0 aliphatic rings. The minimum atomic E-state index is -0.661. The molecule has 2 rings (SSSR count). The van der Waals surface area contributed by atoms with E-state index in [0.29, 0.717) is 16.2 Å². The Morgan fingerprint density at radius 3 is 2.86 bits per heavy atom. The molecular weight excluding hydrogens is 292 g/mol. The van der Waals surface area contributed by atoms with Crippen LogP contribution in [0.15, 0.2) is 46.9 Å². The number of nitrogens with one attached hydrogen (secondary N) is 1. The Balaban J connectivity index is 2.01. The number of hydrogen-bond donors (Lipinski definition) is 1. The monoisotopic (exact) mass is 304 g/mol. The smallest absolute Gasteiger partial charge is 0.427 e. The van der Waals surface area contributed by atoms with Gasteiger partial charge < -0.3 is 9.47 Å². The van der Waals surface area contributed by atoms with Crippen molar-refractivity contribution in [1.82, 2.24) is 5.43 Å². The summed E-state index contributed by atoms with van der Waals surface area (Å²) in [6.07, 6.45) is 0.755. The largest absolute Gasteiger partial charge is 0.452 e. The van der Waals surface area contributed by atoms with Gasteiger partial charge in [-0.25, -0.2) is 15.0 Å². The number of carbonyl (C=O) groups excluding carboxylic acids is 2. The molecule has 1 heterocycles. The van der Waals surface area contributed by atoms with Crippen LogP contribution in [0, 0.1) is 0 Å². The maximum atomic E-state index is 11.8. The van der Waals surface area contributed by atoms with Crippen LogP contribution in [-0.4, -0.2) is 25.4 Å². The second-order valence-corrected chi connectivity index (χ2v) is 4.75. The number of carbonyl (C=O) groups is 2. The van der Waals surface area contributed by atoms with Crippen molar-refractivity contribution in [2.75, 3.05) is 7.11 Å². The SMILES string of the molecule is COC(=O)N/N=C/c1cccc(OC(=O)c2cccs2)c1. The van der Waals surface area contributed by atoms with Gasteiger partial charge >= 0.3 is 12.1 Å². The maximum Gasteiger partial charge on any atom is 0.427 e. The fourth-order valence-electron chi connectivity index (χ4n) is 1.42. The van der Waals surface area contributed by atoms with Crippen molar-refractivity contribution in [1.29, 1.82) is 0 Å². The molecule has 0 saturated heterocycles. The Bertz CT molecular complexity index is 653. The number of hydrogen-bond acceptors (Lipinski definition) is 6. The van der Waals surface area contributed by atoms with Crippen molar-refractivity contribution in [2.24, 2.45) is 5.10 Å². The van der Waals surface area contributed by atoms with Crippen LogP contribution in [0.2, 0.25) is 0 Å². The summed E-state index contributed by atoms with van der Waals surface area (Å²) >= 11 is 1.31. The van der Waals surface area contributed by atoms with Gasteiger partial charge in [0.25, 0.3) is 0 Å². The molecular formula is C14H12N2O4S. The fraction of sp³-hybridized carbons (Fsp3) is 0.0714. The Morgan fingerprint density at radius 2 is 2.14 bits per heavy atom. The topological polar surface area (TPSA) is 77.0 Å². The van der Waals surface area contributed by atoms with E-state index in [-0.39, 0.29) is 0 Å². The summed E-state index contributed by atoms with van der Waals surface area (Å²) in [7, 11) is 1.25. The van der Waals surface area contributed by atoms with E-state index in [4.69, 9.17) is 4.74 Å². The normalized spacial score (nSPS) is 10.3. The van der Waals surface area contributed by atoms with E-state index in [0.717, 1.165) is 0 Å². The molecule has 7 heteroatoms. The molecule has 0 spiro atoms. The van der Waals surface area contributed by atoms with Crippen molar-refractivity contribution in [3.8, 4) is 5.75 Å². The Kier molecular flexibility index (Phi) is 5.05. The first-order valence-corrected chi connectivity index (χ1v) is 6.80. The van der Waals surface area contributed by atoms with Gasteiger partial charge in [-0.2, -0.15) is 5.10 Å². The molecule has 1 N–H and O–H groups in total. The fourth-order valence-corrected chi connectivity index (χ4v) is 2.01. The molecule has 1 aromatic heterocycles. The van der Waals surface area contributed by atoms with Gasteiger partial charge in [-0.1, -0.05) is 18.2 Å². The molecule has 21 heavy (non-hydrogen) atoms. The lowest BCUT2D eigenvalue weighted by Crippen LogP contribution is -2.16. The van der Waals surface area contributed by atoms with Gasteiger partial charge in [-0.15, -0.1) is 11.3 Å². The standard InChI is InChI=1S/C14H12N2O4S/c1-19-14(18)16-15-9-10-4-2-5-11(8-10)20-13(17)12-6-3-7-21-12/h2-9H,1H3,(H,16,18)/b15-9+. The number of benzene rings is 1. The third-order valence-electron chi connectivity index (χ3n) is 2.35. The Morgan fingerprint density at radius 1 is 1.29 bits per heavy atom. The van der Waals surface area contributed by atoms with Crippen LogP contribution in [0.3, 0.4) is 0 Å². The Labute approximate surface area is 125 Å². The zero-order chi connectivity index (χ0) is 15.1. The molecule has 0 unspecified atom stereocenters. The van der Waals surface area contributed by atoms with E-state index in [1.165, 1.54) is 24.7 Å². The molecule has 0 saturated carbocycles. The zero-order valence-electron chi connectivity index (χ0n) is 11.1. The quantitative estimate of drug-likeness (QED) is 0.408. The summed E-state index contributed by atoms with van der Waals surface area (Å²) in [5, 5.41) is 5.50. The van der Waals surface area contributed by atoms with Gasteiger partial charge in [-0.05, 0) is 29.1 Å². The zero-order valence-corrected chi connectivity index (χ0v) is 11.9. The lowest BCUT2D eigenvalue weighted by Gasteiger charge is -2.03. The first-order valence-electron chi connectivity index (χ1n) is 5.92. The highest BCUT2D eigenvalue weighted by Crippen LogP contribution is 2.16. The summed E-state index contributed by atoms with van der Waals surface area (Å²) in [5.41, 5.74) is 2.83. The van der Waals surface area contributed by atoms with Crippen LogP contribution >= 0.6 is 11.3 Å². The predicted octanol–water partition coefficient (Wildman–Crippen LogP) is 2.66. The van der Waals surface area contributed by atoms with E-state index in [2.05, 4.69) is 15.3 Å². The third kappa shape index (κ3) is 4.43. The molecule has 0 radical (unpaired) electrons. The number of thiophene rings is 1. The first-order chi connectivity index (χ1) is 10.2. The second-order valence-electron chi connectivity index (χ2n) is 3.80. The van der Waals surface area contributed by atoms with Gasteiger partial charge in [-0.3, -0.25) is 0 Å². The van der Waals surface area contributed by atoms with Crippen LogP contribution in [0.1, 0.15) is 15.2 Å². The summed E-state index contributed by atoms with van der Waals surface area (Å²) < 4.78 is 9.62. The van der Waals surface area contributed by atoms with Gasteiger partial charge in [0.1, 0.15) is 10.6 Å². The van der Waals surface area contributed by atoms with E-state index >= 15 is 0 Å². The van der Waals surface area contributed by atoms with Crippen LogP contribution in [0.5, 0.6) is 5.75 Å². The van der Waals surface area contributed by atoms with E-state index < -0.39 is 12.1 Å². The number of esters is 1. The van der Waals surface area contributed by atoms with Crippen LogP contribution in [0.4, 0.5) is 4.79 Å². The minimum Gasteiger partial charge on any atom is -0.452 e. The second kappa shape index (κ2) is 7.20. The maximum absolute atomic E-state index is 11.8. The third-order valence-corrected chi connectivity index (χ3v) is 3.20. The van der Waals surface area contributed by atoms with Crippen LogP contribution in [0.25, 0.3) is 0 Å². The van der Waals surface area contributed by atoms with Gasteiger partial charge in [0, 0.05) is 0 Å². The highest BCUT2D eigenvalue weighted by atomic mass is 32.1. The average Bonchev–Trinajstić information content (AvgIpc) is 3.02. The molecule has 0 aliphatic heterocycles. The van der Waals surface area contributed by atoms with Gasteiger partial charge in [0.15, 0.2) is 0 Å². The molecule has 108 valence electrons. The van der Waals surface area contributed by atoms with E-state index in [1.807, 2.05) is 0 Å². The number of ether oxygens (including phenoxy) is 2. The van der Waals surface area contributed by atoms with Crippen LogP contribution < -0.4 is 10.2 Å². The molecule has 0 atom stereocenters. The summed E-state index contributed by atoms with van der Waals surface area (Å²) in [6.45, 7) is 0. The Hall–Kier alpha value is -2.67. The highest BCUT2D eigenvalue weighted by molar-refractivity contribution is 7.12. The van der Waals surface area contributed by atoms with E-state index in [1.54, 1.807) is 41.8 Å². The lowest BCUT2D eigenvalue weighted by atomic mass is 10.2. The summed E-state index contributed by atoms with van der Waals surface area (Å²) in [6, 6.07) is 10.2. The van der Waals surface area contributed by atoms with E-state index in [9.17, 15) is 9.59 Å². The van der Waals surface area contributed by atoms with Crippen molar-refractivity contribution >= 4 is 29.6 Å². The predicted molar refractivity (Wildman–Crippen MR) is 78.9 cm³/mol. The van der Waals surface area contributed by atoms with Crippen molar-refractivity contribution in [2.45, 2.75) is 0 Å². The number of hydrazone groups is 1. The molecule has 0 bridgehead atoms. The summed E-state index contributed by atoms with van der Waals surface area (Å²) in [5.74, 6) is -0.0119. The van der Waals surface area contributed by atoms with Crippen molar-refractivity contribution in [3.63, 3.8) is 0 Å². The molecule has 1 aromatic carbocycles. The average molecular weight is 304 g/mol. The minimum absolute atomic E-state index is 0.399. The van der Waals surface area contributed by atoms with Gasteiger partial charge in [0.2, 0.25) is 0 Å². The van der Waals surface area contributed by atoms with Crippen molar-refractivity contribution < 1.29 is 19.1 Å². The lowest BCUT2D eigenvalue weighted by molar-refractivity contribution is 0.0740. The molecule has 0 fully saturated rings. The molecule has 1 amide bonds. The van der Waals surface area contributed by atoms with Crippen LogP contribution in [-0.2, 0) is 4.74 Å². The first kappa shape index (κ1) is 14.7. The number of methoxy groups -OCH3 is 1. The summed E-state index contributed by atoms with van der Waals surface area (Å²) in [4.78, 5) is 23.2.